The van der Waals surface area contributed by atoms with Crippen LogP contribution >= 0.6 is 0 Å². The number of phenolic OH excluding ortho intramolecular Hbond substituents is 1. The standard InChI is InChI=1S/C19H28N2O3/c1-9-24-17(23)21(20-8)12-13-10-14(18(2,3)4)16(22)15(11-13)19(5,6)7/h10-11,22H,9,12H2,1-7H3. The fourth-order valence-electron chi connectivity index (χ4n) is 2.44. The fraction of sp³-hybridized carbons (Fsp3) is 0.579. The molecule has 1 amide bonds. The number of hydrogen-bond donors (Lipinski definition) is 1. The lowest BCUT2D eigenvalue weighted by Crippen LogP contribution is -2.25. The van der Waals surface area contributed by atoms with Crippen LogP contribution in [0.4, 0.5) is 4.79 Å². The van der Waals surface area contributed by atoms with Gasteiger partial charge in [0.2, 0.25) is 0 Å². The van der Waals surface area contributed by atoms with E-state index >= 15 is 0 Å². The van der Waals surface area contributed by atoms with Crippen LogP contribution in [0.2, 0.25) is 0 Å². The predicted molar refractivity (Wildman–Crippen MR) is 94.7 cm³/mol. The van der Waals surface area contributed by atoms with Gasteiger partial charge in [0.05, 0.1) is 6.61 Å². The maximum atomic E-state index is 11.8. The van der Waals surface area contributed by atoms with Crippen LogP contribution in [0.5, 0.6) is 5.75 Å². The number of aromatic hydroxyl groups is 1. The summed E-state index contributed by atoms with van der Waals surface area (Å²) in [5.41, 5.74) is 1.89. The van der Waals surface area contributed by atoms with Crippen molar-refractivity contribution in [1.82, 2.24) is 5.01 Å². The molecule has 0 saturated carbocycles. The van der Waals surface area contributed by atoms with Gasteiger partial charge in [-0.15, -0.1) is 0 Å². The number of hydrogen-bond acceptors (Lipinski definition) is 3. The highest BCUT2D eigenvalue weighted by Crippen LogP contribution is 2.40. The molecule has 0 saturated heterocycles. The van der Waals surface area contributed by atoms with Gasteiger partial charge in [0, 0.05) is 5.01 Å². The Kier molecular flexibility index (Phi) is 5.89. The van der Waals surface area contributed by atoms with Crippen molar-refractivity contribution in [1.29, 1.82) is 0 Å². The summed E-state index contributed by atoms with van der Waals surface area (Å²) < 4.78 is 4.91. The zero-order chi connectivity index (χ0) is 18.7. The first kappa shape index (κ1) is 19.8. The van der Waals surface area contributed by atoms with E-state index in [0.717, 1.165) is 21.7 Å². The van der Waals surface area contributed by atoms with Gasteiger partial charge >= 0.3 is 6.09 Å². The van der Waals surface area contributed by atoms with Crippen LogP contribution in [-0.4, -0.2) is 22.8 Å². The first-order chi connectivity index (χ1) is 10.9. The molecule has 0 unspecified atom stereocenters. The van der Waals surface area contributed by atoms with Crippen LogP contribution in [0.1, 0.15) is 65.2 Å². The Bertz CT molecular complexity index is 611. The largest absolute Gasteiger partial charge is 0.507 e. The van der Waals surface area contributed by atoms with Gasteiger partial charge < -0.3 is 9.84 Å². The Morgan fingerprint density at radius 2 is 1.62 bits per heavy atom. The van der Waals surface area contributed by atoms with Gasteiger partial charge in [0.25, 0.3) is 0 Å². The molecule has 24 heavy (non-hydrogen) atoms. The summed E-state index contributed by atoms with van der Waals surface area (Å²) in [6, 6.07) is 3.73. The summed E-state index contributed by atoms with van der Waals surface area (Å²) >= 11 is 0. The molecule has 0 atom stereocenters. The molecule has 0 spiro atoms. The minimum absolute atomic E-state index is 0.120. The van der Waals surface area contributed by atoms with Gasteiger partial charge in [-0.3, -0.25) is 0 Å². The summed E-state index contributed by atoms with van der Waals surface area (Å²) in [6.07, 6.45) is -0.657. The lowest BCUT2D eigenvalue weighted by Gasteiger charge is -2.28. The number of ether oxygens (including phenoxy) is 1. The van der Waals surface area contributed by atoms with Crippen molar-refractivity contribution in [2.45, 2.75) is 65.8 Å². The summed E-state index contributed by atoms with van der Waals surface area (Å²) in [6.45, 7) is 21.4. The number of amides is 1. The van der Waals surface area contributed by atoms with Crippen LogP contribution in [0.25, 0.3) is 4.95 Å². The van der Waals surface area contributed by atoms with E-state index in [1.807, 2.05) is 53.7 Å². The number of rotatable bonds is 3. The molecule has 1 rings (SSSR count). The highest BCUT2D eigenvalue weighted by atomic mass is 16.6. The molecule has 132 valence electrons. The molecule has 1 N–H and O–H groups in total. The quantitative estimate of drug-likeness (QED) is 0.640. The number of nitrogens with zero attached hydrogens (tertiary/aromatic N) is 2. The van der Waals surface area contributed by atoms with Crippen molar-refractivity contribution >= 4 is 6.09 Å². The summed E-state index contributed by atoms with van der Waals surface area (Å²) in [7, 11) is 0. The monoisotopic (exact) mass is 332 g/mol. The number of carbonyl (C=O) groups excluding carboxylic acids is 1. The first-order valence-electron chi connectivity index (χ1n) is 8.10. The van der Waals surface area contributed by atoms with Crippen molar-refractivity contribution in [2.24, 2.45) is 0 Å². The van der Waals surface area contributed by atoms with Crippen molar-refractivity contribution in [3.63, 3.8) is 0 Å². The molecule has 0 aliphatic carbocycles. The van der Waals surface area contributed by atoms with Crippen LogP contribution in [-0.2, 0) is 22.1 Å². The van der Waals surface area contributed by atoms with Crippen molar-refractivity contribution in [3.05, 3.63) is 40.3 Å². The minimum atomic E-state index is -0.657. The Labute approximate surface area is 145 Å². The molecule has 0 bridgehead atoms. The van der Waals surface area contributed by atoms with Crippen LogP contribution < -0.4 is 0 Å². The Morgan fingerprint density at radius 3 is 1.96 bits per heavy atom. The van der Waals surface area contributed by atoms with E-state index in [-0.39, 0.29) is 29.7 Å². The number of benzene rings is 1. The van der Waals surface area contributed by atoms with E-state index in [4.69, 9.17) is 11.3 Å². The Morgan fingerprint density at radius 1 is 1.17 bits per heavy atom. The molecule has 0 radical (unpaired) electrons. The molecule has 0 aromatic heterocycles. The second-order valence-corrected chi connectivity index (χ2v) is 7.90. The van der Waals surface area contributed by atoms with Gasteiger partial charge in [-0.25, -0.2) is 4.79 Å². The van der Waals surface area contributed by atoms with E-state index in [1.165, 1.54) is 0 Å². The fourth-order valence-corrected chi connectivity index (χ4v) is 2.44. The molecule has 5 nitrogen and oxygen atoms in total. The van der Waals surface area contributed by atoms with Gasteiger partial charge in [-0.1, -0.05) is 41.5 Å². The summed E-state index contributed by atoms with van der Waals surface area (Å²) in [5, 5.41) is 11.7. The lowest BCUT2D eigenvalue weighted by atomic mass is 9.78. The van der Waals surface area contributed by atoms with E-state index in [2.05, 4.69) is 4.95 Å². The van der Waals surface area contributed by atoms with Crippen LogP contribution in [0.3, 0.4) is 0 Å². The zero-order valence-corrected chi connectivity index (χ0v) is 15.7. The zero-order valence-electron chi connectivity index (χ0n) is 15.7. The third kappa shape index (κ3) is 4.64. The normalized spacial score (nSPS) is 11.8. The highest BCUT2D eigenvalue weighted by molar-refractivity contribution is 5.68. The Balaban J connectivity index is 3.39. The average molecular weight is 332 g/mol. The maximum absolute atomic E-state index is 11.8. The van der Waals surface area contributed by atoms with Crippen LogP contribution in [0, 0.1) is 6.57 Å². The van der Waals surface area contributed by atoms with Gasteiger partial charge in [0.1, 0.15) is 12.3 Å². The third-order valence-corrected chi connectivity index (χ3v) is 3.72. The Hall–Kier alpha value is -2.22. The molecule has 0 aliphatic rings. The van der Waals surface area contributed by atoms with Gasteiger partial charge in [-0.05, 0) is 46.6 Å². The first-order valence-corrected chi connectivity index (χ1v) is 8.10. The molecule has 0 aliphatic heterocycles. The van der Waals surface area contributed by atoms with Gasteiger partial charge in [0.15, 0.2) is 0 Å². The molecule has 1 aromatic carbocycles. The van der Waals surface area contributed by atoms with E-state index in [1.54, 1.807) is 6.92 Å². The van der Waals surface area contributed by atoms with Crippen molar-refractivity contribution in [2.75, 3.05) is 6.61 Å². The third-order valence-electron chi connectivity index (χ3n) is 3.72. The maximum Gasteiger partial charge on any atom is 0.475 e. The van der Waals surface area contributed by atoms with E-state index in [0.29, 0.717) is 0 Å². The molecular formula is C19H28N2O3. The lowest BCUT2D eigenvalue weighted by molar-refractivity contribution is 0.119. The molecule has 0 heterocycles. The molecule has 5 heteroatoms. The van der Waals surface area contributed by atoms with E-state index in [9.17, 15) is 9.90 Å². The molecule has 0 fully saturated rings. The SMILES string of the molecule is [C-]#[N+]N(Cc1cc(C(C)(C)C)c(O)c(C(C)(C)C)c1)C(=O)OCC. The van der Waals surface area contributed by atoms with Gasteiger partial charge in [-0.2, -0.15) is 11.5 Å². The summed E-state index contributed by atoms with van der Waals surface area (Å²) in [4.78, 5) is 15.1. The second-order valence-electron chi connectivity index (χ2n) is 7.90. The van der Waals surface area contributed by atoms with Crippen molar-refractivity contribution < 1.29 is 14.6 Å². The summed E-state index contributed by atoms with van der Waals surface area (Å²) in [5.74, 6) is 0.282. The molecular weight excluding hydrogens is 304 g/mol. The number of carbonyl (C=O) groups is 1. The molecule has 1 aromatic rings. The van der Waals surface area contributed by atoms with Crippen LogP contribution in [0.15, 0.2) is 12.1 Å². The highest BCUT2D eigenvalue weighted by Gasteiger charge is 2.28. The number of phenols is 1. The topological polar surface area (TPSA) is 54.1 Å². The predicted octanol–water partition coefficient (Wildman–Crippen LogP) is 4.78. The average Bonchev–Trinajstić information content (AvgIpc) is 2.43. The van der Waals surface area contributed by atoms with Crippen molar-refractivity contribution in [3.8, 4) is 5.75 Å². The smallest absolute Gasteiger partial charge is 0.475 e. The second kappa shape index (κ2) is 7.12. The van der Waals surface area contributed by atoms with E-state index < -0.39 is 6.09 Å². The minimum Gasteiger partial charge on any atom is -0.507 e.